The van der Waals surface area contributed by atoms with E-state index in [0.29, 0.717) is 0 Å². The second-order valence-electron chi connectivity index (χ2n) is 4.73. The molecule has 1 aliphatic rings. The van der Waals surface area contributed by atoms with Gasteiger partial charge in [0.2, 0.25) is 0 Å². The average Bonchev–Trinajstić information content (AvgIpc) is 2.76. The number of ether oxygens (including phenoxy) is 1. The van der Waals surface area contributed by atoms with Gasteiger partial charge in [0, 0.05) is 20.1 Å². The smallest absolute Gasteiger partial charge is 0.153 e. The molecule has 19 heavy (non-hydrogen) atoms. The lowest BCUT2D eigenvalue weighted by atomic mass is 10.1. The molecular weight excluding hydrogens is 310 g/mol. The first-order chi connectivity index (χ1) is 9.17. The third kappa shape index (κ3) is 3.34. The third-order valence-corrected chi connectivity index (χ3v) is 4.11. The highest BCUT2D eigenvalue weighted by Gasteiger charge is 2.32. The van der Waals surface area contributed by atoms with Crippen LogP contribution in [0.15, 0.2) is 4.60 Å². The average molecular weight is 332 g/mol. The van der Waals surface area contributed by atoms with Gasteiger partial charge in [-0.05, 0) is 29.0 Å². The summed E-state index contributed by atoms with van der Waals surface area (Å²) in [5.74, 6) is 0. The molecule has 2 atom stereocenters. The van der Waals surface area contributed by atoms with Gasteiger partial charge in [-0.25, -0.2) is 4.68 Å². The zero-order valence-electron chi connectivity index (χ0n) is 11.8. The van der Waals surface area contributed by atoms with E-state index in [1.54, 1.807) is 0 Å². The van der Waals surface area contributed by atoms with Crippen LogP contribution in [0.4, 0.5) is 0 Å². The number of halogens is 1. The summed E-state index contributed by atoms with van der Waals surface area (Å²) < 4.78 is 8.57. The molecule has 0 saturated carbocycles. The standard InChI is InChI=1S/C12H22BrN5O/c1-4-14-10(11-12(13)15-16-17(11)3)9-8-18(5-2)6-7-19-9/h9-10,14H,4-8H2,1-3H3. The molecule has 1 N–H and O–H groups in total. The molecular formula is C12H22BrN5O. The Morgan fingerprint density at radius 3 is 2.89 bits per heavy atom. The van der Waals surface area contributed by atoms with Crippen LogP contribution >= 0.6 is 15.9 Å². The molecule has 0 spiro atoms. The van der Waals surface area contributed by atoms with Crippen LogP contribution in [-0.2, 0) is 11.8 Å². The molecule has 0 aliphatic carbocycles. The quantitative estimate of drug-likeness (QED) is 0.870. The minimum Gasteiger partial charge on any atom is -0.374 e. The second kappa shape index (κ2) is 6.78. The Kier molecular flexibility index (Phi) is 5.32. The molecule has 0 aromatic carbocycles. The fourth-order valence-electron chi connectivity index (χ4n) is 2.51. The van der Waals surface area contributed by atoms with Crippen molar-refractivity contribution in [2.75, 3.05) is 32.8 Å². The van der Waals surface area contributed by atoms with Gasteiger partial charge >= 0.3 is 0 Å². The van der Waals surface area contributed by atoms with Crippen LogP contribution in [0, 0.1) is 0 Å². The van der Waals surface area contributed by atoms with Crippen molar-refractivity contribution in [3.05, 3.63) is 10.3 Å². The summed E-state index contributed by atoms with van der Waals surface area (Å²) in [7, 11) is 1.91. The Labute approximate surface area is 122 Å². The molecule has 1 aliphatic heterocycles. The van der Waals surface area contributed by atoms with Gasteiger partial charge in [-0.3, -0.25) is 4.90 Å². The number of hydrogen-bond acceptors (Lipinski definition) is 5. The van der Waals surface area contributed by atoms with Gasteiger partial charge in [0.1, 0.15) is 0 Å². The fourth-order valence-corrected chi connectivity index (χ4v) is 3.09. The maximum absolute atomic E-state index is 5.96. The number of rotatable bonds is 5. The predicted molar refractivity (Wildman–Crippen MR) is 77.0 cm³/mol. The molecule has 0 amide bonds. The summed E-state index contributed by atoms with van der Waals surface area (Å²) in [6.45, 7) is 8.96. The van der Waals surface area contributed by atoms with E-state index in [4.69, 9.17) is 4.74 Å². The molecule has 2 unspecified atom stereocenters. The first kappa shape index (κ1) is 14.9. The predicted octanol–water partition coefficient (Wildman–Crippen LogP) is 0.949. The lowest BCUT2D eigenvalue weighted by molar-refractivity contribution is -0.0467. The SMILES string of the molecule is CCNC(c1c(Br)nnn1C)C1CN(CC)CCO1. The molecule has 108 valence electrons. The van der Waals surface area contributed by atoms with Crippen LogP contribution in [0.2, 0.25) is 0 Å². The van der Waals surface area contributed by atoms with E-state index in [1.165, 1.54) is 0 Å². The van der Waals surface area contributed by atoms with E-state index in [-0.39, 0.29) is 12.1 Å². The molecule has 6 nitrogen and oxygen atoms in total. The molecule has 2 heterocycles. The van der Waals surface area contributed by atoms with Gasteiger partial charge in [0.25, 0.3) is 0 Å². The van der Waals surface area contributed by atoms with E-state index in [9.17, 15) is 0 Å². The van der Waals surface area contributed by atoms with Crippen LogP contribution in [0.5, 0.6) is 0 Å². The van der Waals surface area contributed by atoms with Crippen LogP contribution in [0.1, 0.15) is 25.6 Å². The normalized spacial score (nSPS) is 22.6. The van der Waals surface area contributed by atoms with Gasteiger partial charge in [-0.2, -0.15) is 0 Å². The van der Waals surface area contributed by atoms with Crippen molar-refractivity contribution in [1.82, 2.24) is 25.2 Å². The van der Waals surface area contributed by atoms with E-state index < -0.39 is 0 Å². The Morgan fingerprint density at radius 1 is 1.53 bits per heavy atom. The fraction of sp³-hybridized carbons (Fsp3) is 0.833. The van der Waals surface area contributed by atoms with Crippen molar-refractivity contribution in [3.63, 3.8) is 0 Å². The van der Waals surface area contributed by atoms with Gasteiger partial charge in [-0.15, -0.1) is 5.10 Å². The Bertz CT molecular complexity index is 391. The lowest BCUT2D eigenvalue weighted by Gasteiger charge is -2.36. The van der Waals surface area contributed by atoms with E-state index in [2.05, 4.69) is 50.3 Å². The molecule has 1 fully saturated rings. The van der Waals surface area contributed by atoms with Crippen LogP contribution < -0.4 is 5.32 Å². The third-order valence-electron chi connectivity index (χ3n) is 3.54. The molecule has 2 rings (SSSR count). The van der Waals surface area contributed by atoms with Crippen LogP contribution in [0.3, 0.4) is 0 Å². The number of nitrogens with one attached hydrogen (secondary N) is 1. The molecule has 1 aromatic rings. The van der Waals surface area contributed by atoms with Gasteiger partial charge in [0.05, 0.1) is 24.4 Å². The van der Waals surface area contributed by atoms with E-state index in [0.717, 1.165) is 43.1 Å². The molecule has 0 radical (unpaired) electrons. The van der Waals surface area contributed by atoms with Crippen molar-refractivity contribution < 1.29 is 4.74 Å². The Morgan fingerprint density at radius 2 is 2.32 bits per heavy atom. The zero-order valence-corrected chi connectivity index (χ0v) is 13.4. The monoisotopic (exact) mass is 331 g/mol. The van der Waals surface area contributed by atoms with Crippen LogP contribution in [0.25, 0.3) is 0 Å². The highest BCUT2D eigenvalue weighted by atomic mass is 79.9. The van der Waals surface area contributed by atoms with Gasteiger partial charge in [0.15, 0.2) is 4.60 Å². The number of aromatic nitrogens is 3. The second-order valence-corrected chi connectivity index (χ2v) is 5.48. The van der Waals surface area contributed by atoms with Crippen molar-refractivity contribution in [2.45, 2.75) is 26.0 Å². The minimum atomic E-state index is 0.105. The maximum Gasteiger partial charge on any atom is 0.153 e. The van der Waals surface area contributed by atoms with Crippen molar-refractivity contribution in [1.29, 1.82) is 0 Å². The van der Waals surface area contributed by atoms with Crippen molar-refractivity contribution in [2.24, 2.45) is 7.05 Å². The van der Waals surface area contributed by atoms with E-state index >= 15 is 0 Å². The maximum atomic E-state index is 5.96. The van der Waals surface area contributed by atoms with Gasteiger partial charge < -0.3 is 10.1 Å². The Hall–Kier alpha value is -0.500. The number of aryl methyl sites for hydroxylation is 1. The first-order valence-corrected chi connectivity index (χ1v) is 7.59. The summed E-state index contributed by atoms with van der Waals surface area (Å²) in [4.78, 5) is 2.41. The summed E-state index contributed by atoms with van der Waals surface area (Å²) in [5, 5.41) is 11.6. The highest BCUT2D eigenvalue weighted by Crippen LogP contribution is 2.26. The largest absolute Gasteiger partial charge is 0.374 e. The first-order valence-electron chi connectivity index (χ1n) is 6.79. The van der Waals surface area contributed by atoms with Crippen molar-refractivity contribution in [3.8, 4) is 0 Å². The lowest BCUT2D eigenvalue weighted by Crippen LogP contribution is -2.48. The summed E-state index contributed by atoms with van der Waals surface area (Å²) >= 11 is 3.48. The van der Waals surface area contributed by atoms with Crippen molar-refractivity contribution >= 4 is 15.9 Å². The summed E-state index contributed by atoms with van der Waals surface area (Å²) in [6, 6.07) is 0.105. The molecule has 7 heteroatoms. The summed E-state index contributed by atoms with van der Waals surface area (Å²) in [6.07, 6.45) is 0.127. The Balaban J connectivity index is 2.20. The van der Waals surface area contributed by atoms with Crippen LogP contribution in [-0.4, -0.2) is 58.8 Å². The minimum absolute atomic E-state index is 0.105. The molecule has 0 bridgehead atoms. The van der Waals surface area contributed by atoms with E-state index in [1.807, 2.05) is 11.7 Å². The molecule has 1 saturated heterocycles. The van der Waals surface area contributed by atoms with Gasteiger partial charge in [-0.1, -0.05) is 19.1 Å². The number of likely N-dealkylation sites (N-methyl/N-ethyl adjacent to an activating group) is 2. The zero-order chi connectivity index (χ0) is 13.8. The molecule has 1 aromatic heterocycles. The topological polar surface area (TPSA) is 55.2 Å². The number of morpholine rings is 1. The number of nitrogens with zero attached hydrogens (tertiary/aromatic N) is 4. The number of hydrogen-bond donors (Lipinski definition) is 1. The summed E-state index contributed by atoms with van der Waals surface area (Å²) in [5.41, 5.74) is 1.05. The highest BCUT2D eigenvalue weighted by molar-refractivity contribution is 9.10.